The molecule has 1 aliphatic carbocycles. The second kappa shape index (κ2) is 8.62. The van der Waals surface area contributed by atoms with E-state index < -0.39 is 0 Å². The fourth-order valence-electron chi connectivity index (χ4n) is 4.08. The molecule has 0 radical (unpaired) electrons. The molecule has 0 N–H and O–H groups in total. The third-order valence-electron chi connectivity index (χ3n) is 5.72. The van der Waals surface area contributed by atoms with Crippen molar-refractivity contribution < 1.29 is 0 Å². The third-order valence-corrected chi connectivity index (χ3v) is 8.54. The summed E-state index contributed by atoms with van der Waals surface area (Å²) in [6, 6.07) is 15.2. The molecule has 0 bridgehead atoms. The van der Waals surface area contributed by atoms with Crippen molar-refractivity contribution >= 4 is 56.5 Å². The van der Waals surface area contributed by atoms with Crippen LogP contribution >= 0.6 is 46.3 Å². The predicted molar refractivity (Wildman–Crippen MR) is 132 cm³/mol. The Balaban J connectivity index is 1.67. The maximum Gasteiger partial charge on any atom is 0.267 e. The minimum absolute atomic E-state index is 0.0102. The third kappa shape index (κ3) is 3.93. The van der Waals surface area contributed by atoms with Crippen molar-refractivity contribution in [2.24, 2.45) is 5.92 Å². The van der Waals surface area contributed by atoms with Gasteiger partial charge in [0.2, 0.25) is 0 Å². The van der Waals surface area contributed by atoms with Crippen molar-refractivity contribution in [3.8, 4) is 5.69 Å². The Labute approximate surface area is 199 Å². The molecule has 0 spiro atoms. The van der Waals surface area contributed by atoms with Gasteiger partial charge in [-0.2, -0.15) is 0 Å². The molecule has 3 nitrogen and oxygen atoms in total. The van der Waals surface area contributed by atoms with Gasteiger partial charge >= 0.3 is 0 Å². The molecule has 1 aliphatic rings. The Kier molecular flexibility index (Phi) is 5.86. The highest BCUT2D eigenvalue weighted by Crippen LogP contribution is 2.38. The van der Waals surface area contributed by atoms with Gasteiger partial charge in [-0.3, -0.25) is 9.36 Å². The van der Waals surface area contributed by atoms with Gasteiger partial charge in [-0.1, -0.05) is 66.2 Å². The lowest BCUT2D eigenvalue weighted by Crippen LogP contribution is -2.22. The van der Waals surface area contributed by atoms with Gasteiger partial charge in [0.05, 0.1) is 11.1 Å². The predicted octanol–water partition coefficient (Wildman–Crippen LogP) is 7.17. The van der Waals surface area contributed by atoms with Gasteiger partial charge in [0.15, 0.2) is 5.16 Å². The summed E-state index contributed by atoms with van der Waals surface area (Å²) >= 11 is 15.9. The monoisotopic (exact) mass is 486 g/mol. The fourth-order valence-corrected chi connectivity index (χ4v) is 7.26. The summed E-state index contributed by atoms with van der Waals surface area (Å²) in [6.07, 6.45) is 3.09. The summed E-state index contributed by atoms with van der Waals surface area (Å²) < 4.78 is 1.74. The van der Waals surface area contributed by atoms with Gasteiger partial charge in [0, 0.05) is 20.7 Å². The van der Waals surface area contributed by atoms with Crippen molar-refractivity contribution in [2.45, 2.75) is 37.1 Å². The first-order chi connectivity index (χ1) is 15.0. The normalized spacial score (nSPS) is 15.9. The highest BCUT2D eigenvalue weighted by molar-refractivity contribution is 7.98. The van der Waals surface area contributed by atoms with Crippen LogP contribution in [0.4, 0.5) is 0 Å². The van der Waals surface area contributed by atoms with E-state index >= 15 is 0 Å². The zero-order valence-corrected chi connectivity index (χ0v) is 20.0. The summed E-state index contributed by atoms with van der Waals surface area (Å²) in [5.74, 6) is 1.18. The molecule has 0 fully saturated rings. The van der Waals surface area contributed by atoms with E-state index in [1.165, 1.54) is 22.2 Å². The average Bonchev–Trinajstić information content (AvgIpc) is 3.11. The molecule has 1 atom stereocenters. The van der Waals surface area contributed by atoms with E-state index in [2.05, 4.69) is 6.92 Å². The largest absolute Gasteiger partial charge is 0.268 e. The summed E-state index contributed by atoms with van der Waals surface area (Å²) in [5.41, 5.74) is 2.88. The van der Waals surface area contributed by atoms with Gasteiger partial charge in [0.1, 0.15) is 4.83 Å². The molecule has 0 amide bonds. The lowest BCUT2D eigenvalue weighted by atomic mass is 9.89. The van der Waals surface area contributed by atoms with E-state index in [9.17, 15) is 4.79 Å². The number of fused-ring (bicyclic) bond motifs is 3. The standard InChI is InChI=1S/C24H20Cl2N2OS2/c1-14-10-11-16-20(12-14)31-22-21(16)23(29)28(15-6-3-2-4-7-15)24(27-22)30-13-17-18(25)8-5-9-19(17)26/h2-9,14H,10-13H2,1H3. The smallest absolute Gasteiger partial charge is 0.267 e. The van der Waals surface area contributed by atoms with Crippen molar-refractivity contribution in [3.05, 3.63) is 84.9 Å². The van der Waals surface area contributed by atoms with Crippen LogP contribution in [0.1, 0.15) is 29.3 Å². The van der Waals surface area contributed by atoms with Gasteiger partial charge in [-0.15, -0.1) is 11.3 Å². The van der Waals surface area contributed by atoms with Crippen LogP contribution in [-0.4, -0.2) is 9.55 Å². The lowest BCUT2D eigenvalue weighted by Gasteiger charge is -2.18. The number of para-hydroxylation sites is 1. The van der Waals surface area contributed by atoms with Crippen LogP contribution in [0.3, 0.4) is 0 Å². The number of thiophene rings is 1. The highest BCUT2D eigenvalue weighted by atomic mass is 35.5. The zero-order valence-electron chi connectivity index (χ0n) is 16.9. The highest BCUT2D eigenvalue weighted by Gasteiger charge is 2.25. The molecule has 0 saturated carbocycles. The van der Waals surface area contributed by atoms with Crippen molar-refractivity contribution in [3.63, 3.8) is 0 Å². The van der Waals surface area contributed by atoms with E-state index in [1.807, 2.05) is 48.5 Å². The first-order valence-corrected chi connectivity index (χ1v) is 12.8. The van der Waals surface area contributed by atoms with Crippen LogP contribution in [-0.2, 0) is 18.6 Å². The molecule has 2 heterocycles. The Bertz CT molecular complexity index is 1310. The minimum atomic E-state index is 0.0102. The van der Waals surface area contributed by atoms with E-state index in [0.29, 0.717) is 26.9 Å². The van der Waals surface area contributed by atoms with E-state index in [-0.39, 0.29) is 5.56 Å². The number of aryl methyl sites for hydroxylation is 1. The molecule has 2 aromatic heterocycles. The van der Waals surface area contributed by atoms with Crippen molar-refractivity contribution in [2.75, 3.05) is 0 Å². The Morgan fingerprint density at radius 1 is 1.13 bits per heavy atom. The van der Waals surface area contributed by atoms with Crippen LogP contribution in [0.5, 0.6) is 0 Å². The number of rotatable bonds is 4. The average molecular weight is 487 g/mol. The maximum absolute atomic E-state index is 13.8. The number of benzene rings is 2. The Hall–Kier alpha value is -1.79. The summed E-state index contributed by atoms with van der Waals surface area (Å²) in [4.78, 5) is 20.9. The van der Waals surface area contributed by atoms with Crippen molar-refractivity contribution in [1.29, 1.82) is 0 Å². The minimum Gasteiger partial charge on any atom is -0.268 e. The first-order valence-electron chi connectivity index (χ1n) is 10.2. The van der Waals surface area contributed by atoms with Gasteiger partial charge < -0.3 is 0 Å². The van der Waals surface area contributed by atoms with E-state index in [1.54, 1.807) is 15.9 Å². The number of nitrogens with zero attached hydrogens (tertiary/aromatic N) is 2. The second-order valence-corrected chi connectivity index (χ2v) is 10.7. The molecule has 158 valence electrons. The number of thioether (sulfide) groups is 1. The van der Waals surface area contributed by atoms with Crippen LogP contribution < -0.4 is 5.56 Å². The molecule has 31 heavy (non-hydrogen) atoms. The topological polar surface area (TPSA) is 34.9 Å². The number of hydrogen-bond donors (Lipinski definition) is 0. The lowest BCUT2D eigenvalue weighted by molar-refractivity contribution is 0.509. The molecule has 4 aromatic rings. The van der Waals surface area contributed by atoms with Crippen LogP contribution in [0.15, 0.2) is 58.5 Å². The van der Waals surface area contributed by atoms with Gasteiger partial charge in [-0.05, 0) is 60.6 Å². The summed E-state index contributed by atoms with van der Waals surface area (Å²) in [5, 5.41) is 2.69. The number of hydrogen-bond acceptors (Lipinski definition) is 4. The van der Waals surface area contributed by atoms with Gasteiger partial charge in [0.25, 0.3) is 5.56 Å². The molecule has 5 rings (SSSR count). The first kappa shape index (κ1) is 21.1. The fraction of sp³-hybridized carbons (Fsp3) is 0.250. The SMILES string of the molecule is CC1CCc2c(sc3nc(SCc4c(Cl)cccc4Cl)n(-c4ccccc4)c(=O)c23)C1. The van der Waals surface area contributed by atoms with Crippen LogP contribution in [0, 0.1) is 5.92 Å². The molecule has 0 aliphatic heterocycles. The molecule has 7 heteroatoms. The Morgan fingerprint density at radius 2 is 1.87 bits per heavy atom. The van der Waals surface area contributed by atoms with Crippen LogP contribution in [0.25, 0.3) is 15.9 Å². The zero-order chi connectivity index (χ0) is 21.5. The molecular formula is C24H20Cl2N2OS2. The number of halogens is 2. The summed E-state index contributed by atoms with van der Waals surface area (Å²) in [6.45, 7) is 2.28. The molecule has 2 aromatic carbocycles. The molecular weight excluding hydrogens is 467 g/mol. The Morgan fingerprint density at radius 3 is 2.61 bits per heavy atom. The quantitative estimate of drug-likeness (QED) is 0.226. The van der Waals surface area contributed by atoms with E-state index in [0.717, 1.165) is 40.7 Å². The maximum atomic E-state index is 13.8. The molecule has 1 unspecified atom stereocenters. The van der Waals surface area contributed by atoms with Gasteiger partial charge in [-0.25, -0.2) is 4.98 Å². The second-order valence-electron chi connectivity index (χ2n) is 7.89. The molecule has 0 saturated heterocycles. The van der Waals surface area contributed by atoms with Crippen molar-refractivity contribution in [1.82, 2.24) is 9.55 Å². The summed E-state index contributed by atoms with van der Waals surface area (Å²) in [7, 11) is 0. The van der Waals surface area contributed by atoms with Crippen LogP contribution in [0.2, 0.25) is 10.0 Å². The number of aromatic nitrogens is 2. The van der Waals surface area contributed by atoms with E-state index in [4.69, 9.17) is 28.2 Å².